The number of aliphatic hydroxyl groups excluding tert-OH is 1. The number of pyridine rings is 1. The Bertz CT molecular complexity index is 1500. The lowest BCUT2D eigenvalue weighted by molar-refractivity contribution is 0.201. The van der Waals surface area contributed by atoms with Crippen LogP contribution < -0.4 is 5.32 Å². The molecule has 184 valence electrons. The Balaban J connectivity index is 1.88. The Kier molecular flexibility index (Phi) is 6.32. The van der Waals surface area contributed by atoms with Gasteiger partial charge in [0.15, 0.2) is 23.1 Å². The third-order valence-corrected chi connectivity index (χ3v) is 7.34. The van der Waals surface area contributed by atoms with Crippen LogP contribution in [0.4, 0.5) is 14.6 Å². The van der Waals surface area contributed by atoms with Gasteiger partial charge in [0.2, 0.25) is 0 Å². The number of hydrogen-bond donors (Lipinski definition) is 2. The second-order valence-corrected chi connectivity index (χ2v) is 11.1. The van der Waals surface area contributed by atoms with Gasteiger partial charge in [-0.2, -0.15) is 0 Å². The summed E-state index contributed by atoms with van der Waals surface area (Å²) in [5, 5.41) is 12.8. The van der Waals surface area contributed by atoms with Crippen molar-refractivity contribution >= 4 is 26.9 Å². The van der Waals surface area contributed by atoms with Gasteiger partial charge in [0.05, 0.1) is 29.9 Å². The third-order valence-electron chi connectivity index (χ3n) is 5.68. The maximum Gasteiger partial charge on any atom is 0.269 e. The van der Waals surface area contributed by atoms with E-state index in [9.17, 15) is 22.3 Å². The van der Waals surface area contributed by atoms with E-state index in [1.807, 2.05) is 27.7 Å². The molecule has 3 aromatic heterocycles. The zero-order chi connectivity index (χ0) is 25.5. The number of aromatic nitrogens is 4. The molecule has 0 fully saturated rings. The Labute approximate surface area is 201 Å². The smallest absolute Gasteiger partial charge is 0.269 e. The standard InChI is InChI=1S/C24H25F2N5O3S/c1-14-5-7-16(8-6-14)35(33,34)31-12-18(17-9-15(25)10-28-23(17)31)21-27-11-19(26)22(30-21)29-20(13-32)24(2,3)4/h5-12,20,32H,13H2,1-4H3,(H,27,29,30)/t20-/m1/s1. The fourth-order valence-corrected chi connectivity index (χ4v) is 4.86. The van der Waals surface area contributed by atoms with Gasteiger partial charge in [-0.1, -0.05) is 38.5 Å². The summed E-state index contributed by atoms with van der Waals surface area (Å²) >= 11 is 0. The zero-order valence-corrected chi connectivity index (χ0v) is 20.4. The number of benzene rings is 1. The van der Waals surface area contributed by atoms with Crippen molar-refractivity contribution < 1.29 is 22.3 Å². The molecule has 1 aromatic carbocycles. The first-order valence-electron chi connectivity index (χ1n) is 10.8. The number of anilines is 1. The van der Waals surface area contributed by atoms with Gasteiger partial charge in [-0.25, -0.2) is 36.1 Å². The van der Waals surface area contributed by atoms with Gasteiger partial charge in [-0.3, -0.25) is 0 Å². The van der Waals surface area contributed by atoms with Crippen LogP contribution in [0.5, 0.6) is 0 Å². The molecule has 0 saturated heterocycles. The van der Waals surface area contributed by atoms with Crippen LogP contribution in [0, 0.1) is 24.0 Å². The molecular formula is C24H25F2N5O3S. The highest BCUT2D eigenvalue weighted by Gasteiger charge is 2.27. The molecule has 11 heteroatoms. The van der Waals surface area contributed by atoms with E-state index in [0.29, 0.717) is 0 Å². The van der Waals surface area contributed by atoms with Crippen LogP contribution in [0.2, 0.25) is 0 Å². The number of nitrogens with zero attached hydrogens (tertiary/aromatic N) is 4. The van der Waals surface area contributed by atoms with Crippen LogP contribution in [-0.4, -0.2) is 45.1 Å². The molecule has 0 aliphatic carbocycles. The molecule has 0 radical (unpaired) electrons. The summed E-state index contributed by atoms with van der Waals surface area (Å²) in [6.07, 6.45) is 3.10. The highest BCUT2D eigenvalue weighted by atomic mass is 32.2. The van der Waals surface area contributed by atoms with Crippen molar-refractivity contribution in [1.82, 2.24) is 18.9 Å². The van der Waals surface area contributed by atoms with Gasteiger partial charge >= 0.3 is 0 Å². The second kappa shape index (κ2) is 8.97. The molecular weight excluding hydrogens is 476 g/mol. The number of hydrogen-bond acceptors (Lipinski definition) is 7. The van der Waals surface area contributed by atoms with E-state index in [-0.39, 0.29) is 39.7 Å². The summed E-state index contributed by atoms with van der Waals surface area (Å²) < 4.78 is 56.4. The molecule has 0 unspecified atom stereocenters. The van der Waals surface area contributed by atoms with Crippen LogP contribution in [0.25, 0.3) is 22.4 Å². The lowest BCUT2D eigenvalue weighted by Crippen LogP contribution is -2.37. The monoisotopic (exact) mass is 501 g/mol. The van der Waals surface area contributed by atoms with Gasteiger partial charge in [0.1, 0.15) is 5.82 Å². The minimum Gasteiger partial charge on any atom is -0.394 e. The van der Waals surface area contributed by atoms with Crippen LogP contribution in [-0.2, 0) is 10.0 Å². The molecule has 35 heavy (non-hydrogen) atoms. The summed E-state index contributed by atoms with van der Waals surface area (Å²) in [7, 11) is -4.09. The topological polar surface area (TPSA) is 110 Å². The number of aliphatic hydroxyl groups is 1. The van der Waals surface area contributed by atoms with Gasteiger partial charge in [0, 0.05) is 17.1 Å². The van der Waals surface area contributed by atoms with Crippen molar-refractivity contribution in [2.24, 2.45) is 5.41 Å². The predicted octanol–water partition coefficient (Wildman–Crippen LogP) is 4.14. The second-order valence-electron chi connectivity index (χ2n) is 9.32. The maximum atomic E-state index is 14.6. The molecule has 2 N–H and O–H groups in total. The average Bonchev–Trinajstić information content (AvgIpc) is 3.17. The number of rotatable bonds is 6. The van der Waals surface area contributed by atoms with E-state index < -0.39 is 33.1 Å². The molecule has 0 amide bonds. The van der Waals surface area contributed by atoms with Crippen molar-refractivity contribution in [3.8, 4) is 11.4 Å². The van der Waals surface area contributed by atoms with Gasteiger partial charge in [-0.15, -0.1) is 0 Å². The highest BCUT2D eigenvalue weighted by molar-refractivity contribution is 7.90. The molecule has 4 rings (SSSR count). The quantitative estimate of drug-likeness (QED) is 0.409. The Morgan fingerprint density at radius 2 is 1.80 bits per heavy atom. The van der Waals surface area contributed by atoms with Crippen LogP contribution in [0.15, 0.2) is 53.8 Å². The van der Waals surface area contributed by atoms with E-state index in [1.165, 1.54) is 18.3 Å². The van der Waals surface area contributed by atoms with Crippen LogP contribution in [0.1, 0.15) is 26.3 Å². The number of halogens is 2. The first-order valence-corrected chi connectivity index (χ1v) is 12.2. The minimum atomic E-state index is -4.09. The van der Waals surface area contributed by atoms with Crippen molar-refractivity contribution in [2.45, 2.75) is 38.6 Å². The Morgan fingerprint density at radius 1 is 1.11 bits per heavy atom. The molecule has 0 bridgehead atoms. The molecule has 1 atom stereocenters. The van der Waals surface area contributed by atoms with Crippen molar-refractivity contribution in [3.63, 3.8) is 0 Å². The summed E-state index contributed by atoms with van der Waals surface area (Å²) in [6.45, 7) is 7.19. The maximum absolute atomic E-state index is 14.6. The van der Waals surface area contributed by atoms with Crippen molar-refractivity contribution in [2.75, 3.05) is 11.9 Å². The summed E-state index contributed by atoms with van der Waals surface area (Å²) in [5.41, 5.74) is 0.602. The first kappa shape index (κ1) is 24.7. The van der Waals surface area contributed by atoms with E-state index in [2.05, 4.69) is 20.3 Å². The summed E-state index contributed by atoms with van der Waals surface area (Å²) in [4.78, 5) is 12.3. The third kappa shape index (κ3) is 4.73. The van der Waals surface area contributed by atoms with Crippen LogP contribution >= 0.6 is 0 Å². The van der Waals surface area contributed by atoms with Gasteiger partial charge in [0.25, 0.3) is 10.0 Å². The lowest BCUT2D eigenvalue weighted by Gasteiger charge is -2.30. The fraction of sp³-hybridized carbons (Fsp3) is 0.292. The molecule has 8 nitrogen and oxygen atoms in total. The highest BCUT2D eigenvalue weighted by Crippen LogP contribution is 2.32. The molecule has 0 saturated carbocycles. The zero-order valence-electron chi connectivity index (χ0n) is 19.6. The van der Waals surface area contributed by atoms with Crippen molar-refractivity contribution in [1.29, 1.82) is 0 Å². The van der Waals surface area contributed by atoms with Crippen LogP contribution in [0.3, 0.4) is 0 Å². The van der Waals surface area contributed by atoms with E-state index in [0.717, 1.165) is 28.0 Å². The SMILES string of the molecule is Cc1ccc(S(=O)(=O)n2cc(-c3ncc(F)c(N[C@H](CO)C(C)(C)C)n3)c3cc(F)cnc32)cc1. The normalized spacial score (nSPS) is 13.2. The molecule has 0 aliphatic heterocycles. The summed E-state index contributed by atoms with van der Waals surface area (Å²) in [5.74, 6) is -1.64. The molecule has 3 heterocycles. The molecule has 4 aromatic rings. The summed E-state index contributed by atoms with van der Waals surface area (Å²) in [6, 6.07) is 6.88. The van der Waals surface area contributed by atoms with Gasteiger partial charge in [-0.05, 0) is 30.5 Å². The Morgan fingerprint density at radius 3 is 2.43 bits per heavy atom. The number of fused-ring (bicyclic) bond motifs is 1. The fourth-order valence-electron chi connectivity index (χ4n) is 3.54. The van der Waals surface area contributed by atoms with E-state index >= 15 is 0 Å². The largest absolute Gasteiger partial charge is 0.394 e. The average molecular weight is 502 g/mol. The number of aryl methyl sites for hydroxylation is 1. The Hall–Kier alpha value is -3.44. The minimum absolute atomic E-state index is 0.0210. The van der Waals surface area contributed by atoms with Crippen molar-refractivity contribution in [3.05, 3.63) is 66.1 Å². The number of nitrogens with one attached hydrogen (secondary N) is 1. The van der Waals surface area contributed by atoms with E-state index in [1.54, 1.807) is 12.1 Å². The van der Waals surface area contributed by atoms with Gasteiger partial charge < -0.3 is 10.4 Å². The molecule has 0 spiro atoms. The van der Waals surface area contributed by atoms with E-state index in [4.69, 9.17) is 0 Å². The first-order chi connectivity index (χ1) is 16.4. The molecule has 0 aliphatic rings. The predicted molar refractivity (Wildman–Crippen MR) is 128 cm³/mol. The lowest BCUT2D eigenvalue weighted by atomic mass is 9.87.